The van der Waals surface area contributed by atoms with Crippen LogP contribution in [-0.4, -0.2) is 10.3 Å². The molecule has 1 heterocycles. The lowest BCUT2D eigenvalue weighted by atomic mass is 9.88. The number of hydrogen-bond donors (Lipinski definition) is 1. The van der Waals surface area contributed by atoms with E-state index in [1.54, 1.807) is 0 Å². The molecule has 3 heteroatoms. The summed E-state index contributed by atoms with van der Waals surface area (Å²) in [6.07, 6.45) is 3.83. The van der Waals surface area contributed by atoms with E-state index < -0.39 is 5.60 Å². The van der Waals surface area contributed by atoms with E-state index >= 15 is 0 Å². The van der Waals surface area contributed by atoms with E-state index in [9.17, 15) is 5.11 Å². The quantitative estimate of drug-likeness (QED) is 0.899. The van der Waals surface area contributed by atoms with Crippen molar-refractivity contribution in [3.63, 3.8) is 0 Å². The average Bonchev–Trinajstić information content (AvgIpc) is 2.81. The second-order valence-electron chi connectivity index (χ2n) is 6.26. The van der Waals surface area contributed by atoms with E-state index in [-0.39, 0.29) is 0 Å². The molecule has 0 aliphatic heterocycles. The number of aromatic nitrogens is 1. The summed E-state index contributed by atoms with van der Waals surface area (Å²) in [5.74, 6) is 1.14. The molecule has 0 atom stereocenters. The van der Waals surface area contributed by atoms with Gasteiger partial charge in [0.2, 0.25) is 0 Å². The number of aliphatic hydroxyl groups is 1. The van der Waals surface area contributed by atoms with Gasteiger partial charge in [-0.1, -0.05) is 43.3 Å². The van der Waals surface area contributed by atoms with E-state index in [1.807, 2.05) is 45.1 Å². The minimum Gasteiger partial charge on any atom is -0.386 e. The van der Waals surface area contributed by atoms with Crippen molar-refractivity contribution in [2.45, 2.75) is 46.1 Å². The van der Waals surface area contributed by atoms with Gasteiger partial charge in [0.05, 0.1) is 11.3 Å². The van der Waals surface area contributed by atoms with Gasteiger partial charge in [0.1, 0.15) is 0 Å². The van der Waals surface area contributed by atoms with Crippen molar-refractivity contribution in [1.82, 2.24) is 5.16 Å². The molecule has 0 aliphatic carbocycles. The van der Waals surface area contributed by atoms with Crippen LogP contribution in [0, 0.1) is 6.92 Å². The number of rotatable bonds is 4. The third-order valence-electron chi connectivity index (χ3n) is 3.48. The van der Waals surface area contributed by atoms with Gasteiger partial charge >= 0.3 is 0 Å². The molecule has 0 saturated carbocycles. The Kier molecular flexibility index (Phi) is 4.33. The molecule has 0 aliphatic rings. The van der Waals surface area contributed by atoms with Crippen LogP contribution in [0.5, 0.6) is 0 Å². The first-order valence-corrected chi connectivity index (χ1v) is 7.25. The minimum absolute atomic E-state index is 0.432. The summed E-state index contributed by atoms with van der Waals surface area (Å²) in [6, 6.07) is 8.10. The Morgan fingerprint density at radius 2 is 1.90 bits per heavy atom. The van der Waals surface area contributed by atoms with E-state index in [0.717, 1.165) is 16.8 Å². The lowest BCUT2D eigenvalue weighted by molar-refractivity contribution is 0.0783. The highest BCUT2D eigenvalue weighted by molar-refractivity contribution is 5.70. The van der Waals surface area contributed by atoms with Crippen molar-refractivity contribution >= 4 is 12.2 Å². The summed E-state index contributed by atoms with van der Waals surface area (Å²) in [4.78, 5) is 0. The maximum atomic E-state index is 10.4. The number of nitrogens with zero attached hydrogens (tertiary/aromatic N) is 1. The molecule has 0 unspecified atom stereocenters. The van der Waals surface area contributed by atoms with Crippen LogP contribution in [0.2, 0.25) is 0 Å². The van der Waals surface area contributed by atoms with Crippen molar-refractivity contribution in [3.8, 4) is 0 Å². The largest absolute Gasteiger partial charge is 0.386 e. The molecule has 0 saturated heterocycles. The highest BCUT2D eigenvalue weighted by Crippen LogP contribution is 2.29. The van der Waals surface area contributed by atoms with Gasteiger partial charge in [0.15, 0.2) is 5.76 Å². The predicted octanol–water partition coefficient (Wildman–Crippen LogP) is 4.50. The van der Waals surface area contributed by atoms with Crippen molar-refractivity contribution in [2.24, 2.45) is 0 Å². The molecule has 1 aromatic heterocycles. The average molecular weight is 285 g/mol. The van der Waals surface area contributed by atoms with Crippen molar-refractivity contribution in [3.05, 3.63) is 52.4 Å². The van der Waals surface area contributed by atoms with Gasteiger partial charge in [0, 0.05) is 6.07 Å². The van der Waals surface area contributed by atoms with E-state index in [1.165, 1.54) is 5.56 Å². The number of benzene rings is 1. The van der Waals surface area contributed by atoms with E-state index in [0.29, 0.717) is 11.7 Å². The summed E-state index contributed by atoms with van der Waals surface area (Å²) >= 11 is 0. The van der Waals surface area contributed by atoms with Crippen LogP contribution in [0.1, 0.15) is 61.8 Å². The van der Waals surface area contributed by atoms with E-state index in [2.05, 4.69) is 31.1 Å². The Balaban J connectivity index is 2.40. The second kappa shape index (κ2) is 5.86. The van der Waals surface area contributed by atoms with Crippen LogP contribution in [0.4, 0.5) is 0 Å². The van der Waals surface area contributed by atoms with Gasteiger partial charge in [-0.25, -0.2) is 0 Å². The SMILES string of the molecule is Cc1cc(/C=C/c2ccc(C(C)C)cc2C(C)(C)O)on1. The van der Waals surface area contributed by atoms with Gasteiger partial charge in [-0.05, 0) is 49.5 Å². The summed E-state index contributed by atoms with van der Waals surface area (Å²) in [7, 11) is 0. The molecule has 0 fully saturated rings. The fourth-order valence-electron chi connectivity index (χ4n) is 2.24. The van der Waals surface area contributed by atoms with Crippen LogP contribution in [-0.2, 0) is 5.60 Å². The van der Waals surface area contributed by atoms with Crippen LogP contribution < -0.4 is 0 Å². The topological polar surface area (TPSA) is 46.3 Å². The summed E-state index contributed by atoms with van der Waals surface area (Å²) in [5, 5.41) is 14.3. The molecular weight excluding hydrogens is 262 g/mol. The second-order valence-corrected chi connectivity index (χ2v) is 6.26. The van der Waals surface area contributed by atoms with Crippen LogP contribution in [0.3, 0.4) is 0 Å². The highest BCUT2D eigenvalue weighted by atomic mass is 16.5. The first-order valence-electron chi connectivity index (χ1n) is 7.25. The molecule has 0 bridgehead atoms. The van der Waals surface area contributed by atoms with Crippen LogP contribution in [0.25, 0.3) is 12.2 Å². The molecule has 0 amide bonds. The maximum absolute atomic E-state index is 10.4. The first-order chi connectivity index (χ1) is 9.77. The molecule has 3 nitrogen and oxygen atoms in total. The van der Waals surface area contributed by atoms with E-state index in [4.69, 9.17) is 4.52 Å². The molecule has 0 spiro atoms. The minimum atomic E-state index is -0.887. The molecule has 112 valence electrons. The molecular formula is C18H23NO2. The zero-order valence-electron chi connectivity index (χ0n) is 13.3. The lowest BCUT2D eigenvalue weighted by Crippen LogP contribution is -2.17. The Morgan fingerprint density at radius 1 is 1.19 bits per heavy atom. The monoisotopic (exact) mass is 285 g/mol. The fraction of sp³-hybridized carbons (Fsp3) is 0.389. The van der Waals surface area contributed by atoms with Gasteiger partial charge in [-0.15, -0.1) is 0 Å². The van der Waals surface area contributed by atoms with Crippen LogP contribution >= 0.6 is 0 Å². The summed E-state index contributed by atoms with van der Waals surface area (Å²) < 4.78 is 5.17. The standard InChI is InChI=1S/C18H23NO2/c1-12(2)15-7-6-14(17(11-15)18(4,5)20)8-9-16-10-13(3)19-21-16/h6-12,20H,1-5H3/b9-8+. The van der Waals surface area contributed by atoms with Crippen LogP contribution in [0.15, 0.2) is 28.8 Å². The molecule has 1 aromatic carbocycles. The Hall–Kier alpha value is -1.87. The van der Waals surface area contributed by atoms with Gasteiger partial charge in [0.25, 0.3) is 0 Å². The van der Waals surface area contributed by atoms with Crippen molar-refractivity contribution < 1.29 is 9.63 Å². The van der Waals surface area contributed by atoms with Crippen molar-refractivity contribution in [1.29, 1.82) is 0 Å². The van der Waals surface area contributed by atoms with Crippen molar-refractivity contribution in [2.75, 3.05) is 0 Å². The number of aryl methyl sites for hydroxylation is 1. The van der Waals surface area contributed by atoms with Gasteiger partial charge in [-0.3, -0.25) is 0 Å². The normalized spacial score (nSPS) is 12.5. The summed E-state index contributed by atoms with van der Waals surface area (Å²) in [6.45, 7) is 9.80. The Bertz CT molecular complexity index is 645. The predicted molar refractivity (Wildman–Crippen MR) is 85.9 cm³/mol. The molecule has 2 aromatic rings. The number of hydrogen-bond acceptors (Lipinski definition) is 3. The van der Waals surface area contributed by atoms with Gasteiger partial charge in [-0.2, -0.15) is 0 Å². The Morgan fingerprint density at radius 3 is 2.43 bits per heavy atom. The highest BCUT2D eigenvalue weighted by Gasteiger charge is 2.20. The first kappa shape index (κ1) is 15.5. The summed E-state index contributed by atoms with van der Waals surface area (Å²) in [5.41, 5.74) is 3.09. The third-order valence-corrected chi connectivity index (χ3v) is 3.48. The smallest absolute Gasteiger partial charge is 0.159 e. The Labute approximate surface area is 126 Å². The molecule has 21 heavy (non-hydrogen) atoms. The zero-order chi connectivity index (χ0) is 15.6. The van der Waals surface area contributed by atoms with Gasteiger partial charge < -0.3 is 9.63 Å². The fourth-order valence-corrected chi connectivity index (χ4v) is 2.24. The zero-order valence-corrected chi connectivity index (χ0v) is 13.3. The molecule has 0 radical (unpaired) electrons. The molecule has 2 rings (SSSR count). The third kappa shape index (κ3) is 3.82. The molecule has 1 N–H and O–H groups in total. The maximum Gasteiger partial charge on any atom is 0.159 e. The lowest BCUT2D eigenvalue weighted by Gasteiger charge is -2.22.